The highest BCUT2D eigenvalue weighted by Gasteiger charge is 2.30. The van der Waals surface area contributed by atoms with Crippen LogP contribution in [0.4, 0.5) is 0 Å². The number of fused-ring (bicyclic) bond motifs is 1. The van der Waals surface area contributed by atoms with Crippen LogP contribution in [-0.2, 0) is 14.7 Å². The van der Waals surface area contributed by atoms with E-state index in [1.807, 2.05) is 0 Å². The Morgan fingerprint density at radius 3 is 2.60 bits per heavy atom. The van der Waals surface area contributed by atoms with Crippen LogP contribution in [0.15, 0.2) is 17.0 Å². The number of carboxylic acid groups (broad SMARTS) is 1. The van der Waals surface area contributed by atoms with Gasteiger partial charge in [-0.1, -0.05) is 0 Å². The molecule has 0 radical (unpaired) electrons. The van der Waals surface area contributed by atoms with Crippen LogP contribution in [0.3, 0.4) is 0 Å². The first-order valence-electron chi connectivity index (χ1n) is 5.89. The van der Waals surface area contributed by atoms with Crippen LogP contribution < -0.4 is 5.48 Å². The summed E-state index contributed by atoms with van der Waals surface area (Å²) in [6.07, 6.45) is 1.49. The molecule has 0 saturated heterocycles. The van der Waals surface area contributed by atoms with E-state index in [4.69, 9.17) is 4.84 Å². The number of hydrogen-bond donors (Lipinski definition) is 2. The summed E-state index contributed by atoms with van der Waals surface area (Å²) in [7, 11) is -2.04. The highest BCUT2D eigenvalue weighted by molar-refractivity contribution is 7.91. The molecule has 0 aromatic heterocycles. The number of carboxylic acids is 1. The third-order valence-corrected chi connectivity index (χ3v) is 5.01. The van der Waals surface area contributed by atoms with Crippen LogP contribution >= 0.6 is 0 Å². The Labute approximate surface area is 116 Å². The normalized spacial score (nSPS) is 16.2. The predicted molar refractivity (Wildman–Crippen MR) is 73.0 cm³/mol. The number of nitrogens with one attached hydrogen (secondary N) is 1. The van der Waals surface area contributed by atoms with Gasteiger partial charge in [0, 0.05) is 5.56 Å². The number of carbonyl (C=O) groups is 1. The molecule has 0 saturated carbocycles. The fraction of sp³-hybridized carbons (Fsp3) is 0.308. The highest BCUT2D eigenvalue weighted by atomic mass is 32.2. The fourth-order valence-electron chi connectivity index (χ4n) is 2.42. The molecule has 1 heterocycles. The molecular weight excluding hydrogens is 282 g/mol. The molecule has 1 aliphatic heterocycles. The summed E-state index contributed by atoms with van der Waals surface area (Å²) >= 11 is 0. The number of hydrogen-bond acceptors (Lipinski definition) is 5. The van der Waals surface area contributed by atoms with Crippen molar-refractivity contribution in [2.75, 3.05) is 12.9 Å². The summed E-state index contributed by atoms with van der Waals surface area (Å²) in [6, 6.07) is 1.39. The molecule has 0 bridgehead atoms. The lowest BCUT2D eigenvalue weighted by molar-refractivity contribution is 0.0695. The lowest BCUT2D eigenvalue weighted by Crippen LogP contribution is -2.23. The second-order valence-corrected chi connectivity index (χ2v) is 6.55. The van der Waals surface area contributed by atoms with Gasteiger partial charge in [-0.05, 0) is 37.1 Å². The van der Waals surface area contributed by atoms with Crippen molar-refractivity contribution in [2.24, 2.45) is 0 Å². The Kier molecular flexibility index (Phi) is 3.58. The topological polar surface area (TPSA) is 92.7 Å². The summed E-state index contributed by atoms with van der Waals surface area (Å²) in [5.74, 6) is -1.23. The monoisotopic (exact) mass is 297 g/mol. The zero-order valence-corrected chi connectivity index (χ0v) is 12.2. The second kappa shape index (κ2) is 4.92. The van der Waals surface area contributed by atoms with Crippen molar-refractivity contribution < 1.29 is 23.2 Å². The van der Waals surface area contributed by atoms with E-state index in [9.17, 15) is 18.3 Å². The molecule has 0 atom stereocenters. The van der Waals surface area contributed by atoms with Crippen LogP contribution in [0, 0.1) is 13.8 Å². The molecule has 0 aliphatic carbocycles. The number of aryl methyl sites for hydroxylation is 1. The van der Waals surface area contributed by atoms with E-state index >= 15 is 0 Å². The molecular formula is C13H15NO5S. The van der Waals surface area contributed by atoms with Gasteiger partial charge in [-0.25, -0.2) is 13.2 Å². The van der Waals surface area contributed by atoms with Gasteiger partial charge in [0.2, 0.25) is 0 Å². The highest BCUT2D eigenvalue weighted by Crippen LogP contribution is 2.35. The Morgan fingerprint density at radius 2 is 2.05 bits per heavy atom. The van der Waals surface area contributed by atoms with Gasteiger partial charge in [0.15, 0.2) is 9.84 Å². The van der Waals surface area contributed by atoms with E-state index in [1.165, 1.54) is 19.3 Å². The van der Waals surface area contributed by atoms with Gasteiger partial charge in [0.1, 0.15) is 0 Å². The lowest BCUT2D eigenvalue weighted by Gasteiger charge is -2.23. The van der Waals surface area contributed by atoms with Crippen LogP contribution in [0.1, 0.15) is 27.0 Å². The van der Waals surface area contributed by atoms with Gasteiger partial charge in [0.05, 0.1) is 29.0 Å². The van der Waals surface area contributed by atoms with E-state index in [0.717, 1.165) is 0 Å². The maximum atomic E-state index is 12.2. The van der Waals surface area contributed by atoms with Crippen LogP contribution in [0.2, 0.25) is 0 Å². The van der Waals surface area contributed by atoms with E-state index < -0.39 is 15.8 Å². The zero-order chi connectivity index (χ0) is 15.1. The third-order valence-electron chi connectivity index (χ3n) is 3.25. The molecule has 1 aromatic carbocycles. The van der Waals surface area contributed by atoms with Gasteiger partial charge in [-0.2, -0.15) is 0 Å². The Balaban J connectivity index is 2.86. The van der Waals surface area contributed by atoms with E-state index in [-0.39, 0.29) is 16.2 Å². The van der Waals surface area contributed by atoms with Crippen LogP contribution in [-0.4, -0.2) is 32.4 Å². The van der Waals surface area contributed by atoms with Crippen molar-refractivity contribution in [2.45, 2.75) is 18.7 Å². The first kappa shape index (κ1) is 14.5. The van der Waals surface area contributed by atoms with Gasteiger partial charge in [0.25, 0.3) is 0 Å². The van der Waals surface area contributed by atoms with Gasteiger partial charge in [-0.3, -0.25) is 10.3 Å². The van der Waals surface area contributed by atoms with Crippen molar-refractivity contribution in [3.63, 3.8) is 0 Å². The minimum absolute atomic E-state index is 0.0853. The quantitative estimate of drug-likeness (QED) is 0.816. The first-order chi connectivity index (χ1) is 9.29. The van der Waals surface area contributed by atoms with Gasteiger partial charge >= 0.3 is 5.97 Å². The average Bonchev–Trinajstić information content (AvgIpc) is 2.35. The van der Waals surface area contributed by atoms with Gasteiger partial charge < -0.3 is 5.11 Å². The third kappa shape index (κ3) is 2.19. The van der Waals surface area contributed by atoms with Crippen molar-refractivity contribution in [3.05, 3.63) is 34.4 Å². The Bertz CT molecular complexity index is 719. The van der Waals surface area contributed by atoms with Gasteiger partial charge in [-0.15, -0.1) is 0 Å². The molecule has 7 heteroatoms. The minimum Gasteiger partial charge on any atom is -0.478 e. The molecule has 0 unspecified atom stereocenters. The molecule has 0 amide bonds. The summed E-state index contributed by atoms with van der Waals surface area (Å²) in [6.45, 7) is 3.19. The predicted octanol–water partition coefficient (Wildman–Crippen LogP) is 1.28. The molecule has 1 aliphatic rings. The second-order valence-electron chi connectivity index (χ2n) is 4.58. The number of sulfone groups is 1. The molecule has 0 spiro atoms. The number of hydroxylamine groups is 1. The molecule has 2 rings (SSSR count). The maximum Gasteiger partial charge on any atom is 0.335 e. The van der Waals surface area contributed by atoms with E-state index in [0.29, 0.717) is 22.4 Å². The molecule has 20 heavy (non-hydrogen) atoms. The summed E-state index contributed by atoms with van der Waals surface area (Å²) in [5, 5.41) is 9.22. The van der Waals surface area contributed by atoms with E-state index in [1.54, 1.807) is 13.8 Å². The molecule has 108 valence electrons. The first-order valence-corrected chi connectivity index (χ1v) is 7.54. The Hall–Kier alpha value is -1.86. The fourth-order valence-corrected chi connectivity index (χ4v) is 4.10. The molecule has 0 fully saturated rings. The molecule has 6 nitrogen and oxygen atoms in total. The van der Waals surface area contributed by atoms with E-state index in [2.05, 4.69) is 5.48 Å². The van der Waals surface area contributed by atoms with Crippen molar-refractivity contribution >= 4 is 21.5 Å². The summed E-state index contributed by atoms with van der Waals surface area (Å²) in [5.41, 5.74) is 4.37. The largest absolute Gasteiger partial charge is 0.478 e. The smallest absolute Gasteiger partial charge is 0.335 e. The van der Waals surface area contributed by atoms with Crippen molar-refractivity contribution in [1.29, 1.82) is 0 Å². The van der Waals surface area contributed by atoms with Crippen molar-refractivity contribution in [3.8, 4) is 0 Å². The minimum atomic E-state index is -3.45. The Morgan fingerprint density at radius 1 is 1.40 bits per heavy atom. The van der Waals surface area contributed by atoms with Crippen LogP contribution in [0.5, 0.6) is 0 Å². The lowest BCUT2D eigenvalue weighted by atomic mass is 9.96. The molecule has 2 N–H and O–H groups in total. The van der Waals surface area contributed by atoms with Crippen molar-refractivity contribution in [1.82, 2.24) is 5.48 Å². The number of aromatic carboxylic acids is 1. The summed E-state index contributed by atoms with van der Waals surface area (Å²) < 4.78 is 24.4. The van der Waals surface area contributed by atoms with Crippen LogP contribution in [0.25, 0.3) is 5.70 Å². The zero-order valence-electron chi connectivity index (χ0n) is 11.4. The molecule has 1 aromatic rings. The number of benzene rings is 1. The standard InChI is InChI=1S/C13H15NO5S/c1-7-6-9(13(15)16)8(2)11-10(14-19-3)4-5-20(17,18)12(7)11/h4,6,14H,5H2,1-3H3,(H,15,16). The maximum absolute atomic E-state index is 12.2. The SMILES string of the molecule is CONC1=CCS(=O)(=O)c2c(C)cc(C(=O)O)c(C)c21. The average molecular weight is 297 g/mol. The summed E-state index contributed by atoms with van der Waals surface area (Å²) in [4.78, 5) is 16.3. The number of rotatable bonds is 3.